The Balaban J connectivity index is 2.28. The van der Waals surface area contributed by atoms with Crippen molar-refractivity contribution in [1.82, 2.24) is 4.90 Å². The molecule has 5 nitrogen and oxygen atoms in total. The van der Waals surface area contributed by atoms with Gasteiger partial charge in [-0.25, -0.2) is 0 Å². The van der Waals surface area contributed by atoms with Gasteiger partial charge in [-0.3, -0.25) is 4.79 Å². The molecule has 0 saturated carbocycles. The first-order chi connectivity index (χ1) is 9.43. The topological polar surface area (TPSA) is 75.8 Å². The molecular formula is C15H22N2O3. The van der Waals surface area contributed by atoms with Crippen LogP contribution in [-0.2, 0) is 4.74 Å². The Morgan fingerprint density at radius 3 is 2.80 bits per heavy atom. The summed E-state index contributed by atoms with van der Waals surface area (Å²) >= 11 is 0. The zero-order chi connectivity index (χ0) is 14.9. The third-order valence-electron chi connectivity index (χ3n) is 3.81. The number of morpholine rings is 1. The lowest BCUT2D eigenvalue weighted by Gasteiger charge is -2.37. The number of hydrogen-bond acceptors (Lipinski definition) is 4. The summed E-state index contributed by atoms with van der Waals surface area (Å²) in [5, 5.41) is 9.20. The molecule has 1 heterocycles. The molecule has 3 N–H and O–H groups in total. The normalized spacial score (nSPS) is 22.9. The molecule has 2 rings (SSSR count). The van der Waals surface area contributed by atoms with Crippen LogP contribution in [-0.4, -0.2) is 47.8 Å². The molecule has 1 aromatic carbocycles. The van der Waals surface area contributed by atoms with Gasteiger partial charge in [-0.2, -0.15) is 0 Å². The van der Waals surface area contributed by atoms with Crippen LogP contribution in [0.4, 0.5) is 5.69 Å². The Morgan fingerprint density at radius 2 is 2.15 bits per heavy atom. The van der Waals surface area contributed by atoms with Crippen molar-refractivity contribution < 1.29 is 14.6 Å². The second kappa shape index (κ2) is 5.81. The van der Waals surface area contributed by atoms with Crippen LogP contribution in [0.2, 0.25) is 0 Å². The van der Waals surface area contributed by atoms with Crippen LogP contribution in [0.1, 0.15) is 28.4 Å². The van der Waals surface area contributed by atoms with E-state index in [1.807, 2.05) is 26.8 Å². The molecule has 1 fully saturated rings. The van der Waals surface area contributed by atoms with Gasteiger partial charge in [0.25, 0.3) is 5.91 Å². The molecular weight excluding hydrogens is 256 g/mol. The van der Waals surface area contributed by atoms with Crippen molar-refractivity contribution in [2.75, 3.05) is 25.5 Å². The highest BCUT2D eigenvalue weighted by Crippen LogP contribution is 2.22. The van der Waals surface area contributed by atoms with Crippen molar-refractivity contribution >= 4 is 11.6 Å². The Kier molecular flexibility index (Phi) is 4.30. The van der Waals surface area contributed by atoms with Gasteiger partial charge in [0, 0.05) is 17.8 Å². The number of aliphatic hydroxyl groups is 1. The molecule has 2 atom stereocenters. The third kappa shape index (κ3) is 2.78. The van der Waals surface area contributed by atoms with Gasteiger partial charge >= 0.3 is 0 Å². The number of anilines is 1. The molecule has 1 aliphatic heterocycles. The third-order valence-corrected chi connectivity index (χ3v) is 3.81. The van der Waals surface area contributed by atoms with Crippen molar-refractivity contribution in [3.63, 3.8) is 0 Å². The molecule has 2 unspecified atom stereocenters. The number of amides is 1. The highest BCUT2D eigenvalue weighted by atomic mass is 16.5. The van der Waals surface area contributed by atoms with Crippen LogP contribution in [0.3, 0.4) is 0 Å². The number of nitrogens with zero attached hydrogens (tertiary/aromatic N) is 1. The number of carbonyl (C=O) groups excluding carboxylic acids is 1. The Bertz CT molecular complexity index is 516. The molecule has 0 radical (unpaired) electrons. The van der Waals surface area contributed by atoms with Crippen molar-refractivity contribution in [3.8, 4) is 0 Å². The van der Waals surface area contributed by atoms with E-state index in [1.165, 1.54) is 0 Å². The number of benzene rings is 1. The zero-order valence-electron chi connectivity index (χ0n) is 12.2. The van der Waals surface area contributed by atoms with Gasteiger partial charge in [0.05, 0.1) is 25.4 Å². The minimum atomic E-state index is -0.307. The number of nitrogens with two attached hydrogens (primary N) is 1. The van der Waals surface area contributed by atoms with E-state index in [0.717, 1.165) is 11.1 Å². The highest BCUT2D eigenvalue weighted by Gasteiger charge is 2.30. The summed E-state index contributed by atoms with van der Waals surface area (Å²) in [4.78, 5) is 14.4. The molecule has 0 spiro atoms. The number of aliphatic hydroxyl groups excluding tert-OH is 1. The Labute approximate surface area is 119 Å². The second-order valence-corrected chi connectivity index (χ2v) is 5.47. The highest BCUT2D eigenvalue weighted by molar-refractivity contribution is 5.97. The molecule has 0 aromatic heterocycles. The first kappa shape index (κ1) is 14.8. The Hall–Kier alpha value is -1.59. The van der Waals surface area contributed by atoms with Crippen molar-refractivity contribution in [2.24, 2.45) is 0 Å². The second-order valence-electron chi connectivity index (χ2n) is 5.47. The van der Waals surface area contributed by atoms with Crippen molar-refractivity contribution in [3.05, 3.63) is 28.8 Å². The van der Waals surface area contributed by atoms with Crippen LogP contribution >= 0.6 is 0 Å². The molecule has 20 heavy (non-hydrogen) atoms. The minimum absolute atomic E-state index is 0.00720. The molecule has 110 valence electrons. The van der Waals surface area contributed by atoms with Crippen LogP contribution in [0.15, 0.2) is 12.1 Å². The molecule has 1 amide bonds. The summed E-state index contributed by atoms with van der Waals surface area (Å²) in [6.45, 7) is 6.55. The quantitative estimate of drug-likeness (QED) is 0.795. The SMILES string of the molecule is Cc1cc(C)c(C(=O)N2CC(CO)OCC2C)cc1N. The largest absolute Gasteiger partial charge is 0.398 e. The van der Waals surface area contributed by atoms with E-state index in [1.54, 1.807) is 11.0 Å². The summed E-state index contributed by atoms with van der Waals surface area (Å²) in [6, 6.07) is 3.66. The Morgan fingerprint density at radius 1 is 1.45 bits per heavy atom. The average Bonchev–Trinajstić information content (AvgIpc) is 2.42. The van der Waals surface area contributed by atoms with Crippen molar-refractivity contribution in [2.45, 2.75) is 32.9 Å². The first-order valence-corrected chi connectivity index (χ1v) is 6.84. The maximum atomic E-state index is 12.7. The molecule has 1 aromatic rings. The maximum absolute atomic E-state index is 12.7. The first-order valence-electron chi connectivity index (χ1n) is 6.84. The predicted molar refractivity (Wildman–Crippen MR) is 77.7 cm³/mol. The van der Waals surface area contributed by atoms with Gasteiger partial charge in [0.15, 0.2) is 0 Å². The summed E-state index contributed by atoms with van der Waals surface area (Å²) in [6.07, 6.45) is -0.307. The van der Waals surface area contributed by atoms with E-state index in [4.69, 9.17) is 10.5 Å². The minimum Gasteiger partial charge on any atom is -0.398 e. The smallest absolute Gasteiger partial charge is 0.254 e. The van der Waals surface area contributed by atoms with Gasteiger partial charge in [0.2, 0.25) is 0 Å². The summed E-state index contributed by atoms with van der Waals surface area (Å²) in [5.41, 5.74) is 9.05. The molecule has 1 aliphatic rings. The molecule has 0 bridgehead atoms. The van der Waals surface area contributed by atoms with Crippen LogP contribution in [0.5, 0.6) is 0 Å². The summed E-state index contributed by atoms with van der Waals surface area (Å²) in [5.74, 6) is -0.0524. The van der Waals surface area contributed by atoms with Gasteiger partial charge in [-0.15, -0.1) is 0 Å². The molecule has 1 saturated heterocycles. The van der Waals surface area contributed by atoms with Crippen LogP contribution in [0.25, 0.3) is 0 Å². The fourth-order valence-electron chi connectivity index (χ4n) is 2.47. The van der Waals surface area contributed by atoms with Gasteiger partial charge < -0.3 is 20.5 Å². The fraction of sp³-hybridized carbons (Fsp3) is 0.533. The lowest BCUT2D eigenvalue weighted by atomic mass is 10.0. The molecule has 5 heteroatoms. The lowest BCUT2D eigenvalue weighted by Crippen LogP contribution is -2.52. The fourth-order valence-corrected chi connectivity index (χ4v) is 2.47. The number of rotatable bonds is 2. The van der Waals surface area contributed by atoms with Gasteiger partial charge in [-0.05, 0) is 38.0 Å². The lowest BCUT2D eigenvalue weighted by molar-refractivity contribution is -0.0667. The summed E-state index contributed by atoms with van der Waals surface area (Å²) < 4.78 is 5.46. The van der Waals surface area contributed by atoms with E-state index in [2.05, 4.69) is 0 Å². The number of carbonyl (C=O) groups is 1. The molecule has 0 aliphatic carbocycles. The van der Waals surface area contributed by atoms with E-state index in [-0.39, 0.29) is 24.7 Å². The van der Waals surface area contributed by atoms with E-state index < -0.39 is 0 Å². The maximum Gasteiger partial charge on any atom is 0.254 e. The zero-order valence-corrected chi connectivity index (χ0v) is 12.2. The standard InChI is InChI=1S/C15H22N2O3/c1-9-4-10(2)14(16)5-13(9)15(19)17-6-12(7-18)20-8-11(17)3/h4-5,11-12,18H,6-8,16H2,1-3H3. The van der Waals surface area contributed by atoms with Crippen LogP contribution in [0, 0.1) is 13.8 Å². The predicted octanol–water partition coefficient (Wildman–Crippen LogP) is 1.11. The van der Waals surface area contributed by atoms with E-state index in [9.17, 15) is 9.90 Å². The number of hydrogen-bond donors (Lipinski definition) is 2. The average molecular weight is 278 g/mol. The number of ether oxygens (including phenoxy) is 1. The number of nitrogen functional groups attached to an aromatic ring is 1. The van der Waals surface area contributed by atoms with Crippen molar-refractivity contribution in [1.29, 1.82) is 0 Å². The van der Waals surface area contributed by atoms with Gasteiger partial charge in [0.1, 0.15) is 0 Å². The summed E-state index contributed by atoms with van der Waals surface area (Å²) in [7, 11) is 0. The van der Waals surface area contributed by atoms with E-state index in [0.29, 0.717) is 24.4 Å². The van der Waals surface area contributed by atoms with E-state index >= 15 is 0 Å². The number of aryl methyl sites for hydroxylation is 2. The van der Waals surface area contributed by atoms with Gasteiger partial charge in [-0.1, -0.05) is 6.07 Å². The van der Waals surface area contributed by atoms with Crippen LogP contribution < -0.4 is 5.73 Å². The monoisotopic (exact) mass is 278 g/mol.